The first-order valence-corrected chi connectivity index (χ1v) is 6.08. The van der Waals surface area contributed by atoms with Crippen molar-refractivity contribution in [2.24, 2.45) is 0 Å². The van der Waals surface area contributed by atoms with Crippen molar-refractivity contribution < 1.29 is 0 Å². The molecule has 0 saturated heterocycles. The van der Waals surface area contributed by atoms with Crippen molar-refractivity contribution in [3.63, 3.8) is 0 Å². The average molecular weight is 232 g/mol. The van der Waals surface area contributed by atoms with E-state index >= 15 is 0 Å². The summed E-state index contributed by atoms with van der Waals surface area (Å²) in [4.78, 5) is 0. The molecule has 0 aliphatic rings. The zero-order valence-electron chi connectivity index (χ0n) is 8.48. The second kappa shape index (κ2) is 4.88. The SMILES string of the molecule is Pc1cccc(Cc2cccc(P)c2)c1. The smallest absolute Gasteiger partial charge is 0.00253 e. The number of rotatable bonds is 2. The molecule has 76 valence electrons. The number of hydrogen-bond acceptors (Lipinski definition) is 0. The molecule has 0 amide bonds. The molecule has 2 unspecified atom stereocenters. The Labute approximate surface area is 95.5 Å². The van der Waals surface area contributed by atoms with E-state index in [0.717, 1.165) is 6.42 Å². The van der Waals surface area contributed by atoms with Crippen molar-refractivity contribution >= 4 is 29.1 Å². The van der Waals surface area contributed by atoms with E-state index < -0.39 is 0 Å². The largest absolute Gasteiger partial charge is 0.106 e. The molecule has 2 rings (SSSR count). The van der Waals surface area contributed by atoms with Gasteiger partial charge in [0.25, 0.3) is 0 Å². The lowest BCUT2D eigenvalue weighted by Gasteiger charge is -2.03. The highest BCUT2D eigenvalue weighted by Crippen LogP contribution is 2.08. The monoisotopic (exact) mass is 232 g/mol. The Bertz CT molecular complexity index is 420. The lowest BCUT2D eigenvalue weighted by Crippen LogP contribution is -1.97. The van der Waals surface area contributed by atoms with Crippen LogP contribution in [0.15, 0.2) is 48.5 Å². The zero-order valence-corrected chi connectivity index (χ0v) is 10.8. The number of benzene rings is 2. The van der Waals surface area contributed by atoms with Crippen molar-refractivity contribution in [2.75, 3.05) is 0 Å². The van der Waals surface area contributed by atoms with E-state index in [1.165, 1.54) is 21.7 Å². The van der Waals surface area contributed by atoms with Crippen LogP contribution < -0.4 is 10.6 Å². The third-order valence-corrected chi connectivity index (χ3v) is 3.03. The van der Waals surface area contributed by atoms with Crippen LogP contribution in [-0.2, 0) is 6.42 Å². The third-order valence-electron chi connectivity index (χ3n) is 2.31. The maximum absolute atomic E-state index is 2.74. The molecule has 2 aromatic rings. The molecule has 0 N–H and O–H groups in total. The molecule has 2 atom stereocenters. The Morgan fingerprint density at radius 1 is 0.733 bits per heavy atom. The summed E-state index contributed by atoms with van der Waals surface area (Å²) in [5.74, 6) is 0. The molecule has 0 aromatic heterocycles. The molecular formula is C13H14P2. The van der Waals surface area contributed by atoms with Crippen molar-refractivity contribution in [1.82, 2.24) is 0 Å². The van der Waals surface area contributed by atoms with E-state index in [2.05, 4.69) is 67.0 Å². The van der Waals surface area contributed by atoms with Gasteiger partial charge in [0.2, 0.25) is 0 Å². The highest BCUT2D eigenvalue weighted by atomic mass is 31.0. The summed E-state index contributed by atoms with van der Waals surface area (Å²) in [6.07, 6.45) is 1.00. The molecule has 15 heavy (non-hydrogen) atoms. The standard InChI is InChI=1S/C13H14P2/c14-12-5-1-3-10(8-12)7-11-4-2-6-13(15)9-11/h1-6,8-9H,7,14-15H2. The minimum absolute atomic E-state index is 1.00. The summed E-state index contributed by atoms with van der Waals surface area (Å²) in [5.41, 5.74) is 2.72. The molecule has 0 aliphatic heterocycles. The fraction of sp³-hybridized carbons (Fsp3) is 0.0769. The molecule has 0 fully saturated rings. The Balaban J connectivity index is 2.22. The van der Waals surface area contributed by atoms with Gasteiger partial charge in [-0.1, -0.05) is 48.5 Å². The minimum Gasteiger partial charge on any atom is -0.106 e. The summed E-state index contributed by atoms with van der Waals surface area (Å²) in [6.45, 7) is 0. The van der Waals surface area contributed by atoms with E-state index in [1.807, 2.05) is 0 Å². The molecule has 0 saturated carbocycles. The molecule has 0 aliphatic carbocycles. The van der Waals surface area contributed by atoms with Crippen molar-refractivity contribution in [1.29, 1.82) is 0 Å². The molecule has 0 bridgehead atoms. The van der Waals surface area contributed by atoms with Crippen LogP contribution in [0.5, 0.6) is 0 Å². The van der Waals surface area contributed by atoms with Crippen LogP contribution >= 0.6 is 18.5 Å². The van der Waals surface area contributed by atoms with E-state index in [-0.39, 0.29) is 0 Å². The predicted molar refractivity (Wildman–Crippen MR) is 74.4 cm³/mol. The van der Waals surface area contributed by atoms with E-state index in [0.29, 0.717) is 0 Å². The van der Waals surface area contributed by atoms with Crippen LogP contribution in [0.2, 0.25) is 0 Å². The van der Waals surface area contributed by atoms with E-state index in [1.54, 1.807) is 0 Å². The van der Waals surface area contributed by atoms with Crippen molar-refractivity contribution in [3.05, 3.63) is 59.7 Å². The zero-order chi connectivity index (χ0) is 10.7. The molecule has 0 heterocycles. The van der Waals surface area contributed by atoms with Crippen LogP contribution in [0, 0.1) is 0 Å². The molecule has 0 nitrogen and oxygen atoms in total. The summed E-state index contributed by atoms with van der Waals surface area (Å²) in [6, 6.07) is 17.2. The van der Waals surface area contributed by atoms with Gasteiger partial charge in [-0.15, -0.1) is 18.5 Å². The Morgan fingerprint density at radius 2 is 1.20 bits per heavy atom. The fourth-order valence-electron chi connectivity index (χ4n) is 1.64. The highest BCUT2D eigenvalue weighted by Gasteiger charge is 1.96. The van der Waals surface area contributed by atoms with Crippen molar-refractivity contribution in [3.8, 4) is 0 Å². The van der Waals surface area contributed by atoms with Gasteiger partial charge in [-0.25, -0.2) is 0 Å². The normalized spacial score (nSPS) is 10.3. The first-order chi connectivity index (χ1) is 7.24. The quantitative estimate of drug-likeness (QED) is 0.697. The molecule has 0 radical (unpaired) electrons. The molecular weight excluding hydrogens is 218 g/mol. The lowest BCUT2D eigenvalue weighted by molar-refractivity contribution is 1.20. The fourth-order valence-corrected chi connectivity index (χ4v) is 2.29. The van der Waals surface area contributed by atoms with Crippen LogP contribution in [-0.4, -0.2) is 0 Å². The van der Waals surface area contributed by atoms with Crippen molar-refractivity contribution in [2.45, 2.75) is 6.42 Å². The minimum atomic E-state index is 1.00. The van der Waals surface area contributed by atoms with Gasteiger partial charge in [-0.3, -0.25) is 0 Å². The third kappa shape index (κ3) is 3.13. The number of hydrogen-bond donors (Lipinski definition) is 0. The van der Waals surface area contributed by atoms with Crippen LogP contribution in [0.25, 0.3) is 0 Å². The Kier molecular flexibility index (Phi) is 3.52. The highest BCUT2D eigenvalue weighted by molar-refractivity contribution is 7.27. The molecule has 0 spiro atoms. The summed E-state index contributed by atoms with van der Waals surface area (Å²) < 4.78 is 0. The first kappa shape index (κ1) is 10.8. The van der Waals surface area contributed by atoms with Crippen LogP contribution in [0.3, 0.4) is 0 Å². The van der Waals surface area contributed by atoms with Crippen LogP contribution in [0.4, 0.5) is 0 Å². The maximum atomic E-state index is 2.74. The summed E-state index contributed by atoms with van der Waals surface area (Å²) >= 11 is 0. The van der Waals surface area contributed by atoms with Crippen LogP contribution in [0.1, 0.15) is 11.1 Å². The van der Waals surface area contributed by atoms with Gasteiger partial charge in [0, 0.05) is 0 Å². The first-order valence-electron chi connectivity index (χ1n) is 4.93. The van der Waals surface area contributed by atoms with Gasteiger partial charge in [0.1, 0.15) is 0 Å². The Hall–Kier alpha value is -0.700. The Morgan fingerprint density at radius 3 is 1.60 bits per heavy atom. The summed E-state index contributed by atoms with van der Waals surface area (Å²) in [5, 5.41) is 2.49. The van der Waals surface area contributed by atoms with Gasteiger partial charge in [0.15, 0.2) is 0 Å². The predicted octanol–water partition coefficient (Wildman–Crippen LogP) is 2.28. The van der Waals surface area contributed by atoms with E-state index in [4.69, 9.17) is 0 Å². The maximum Gasteiger partial charge on any atom is -0.00253 e. The second-order valence-corrected chi connectivity index (χ2v) is 5.00. The molecule has 2 aromatic carbocycles. The van der Waals surface area contributed by atoms with Gasteiger partial charge in [-0.2, -0.15) is 0 Å². The second-order valence-electron chi connectivity index (χ2n) is 3.67. The van der Waals surface area contributed by atoms with Gasteiger partial charge in [0.05, 0.1) is 0 Å². The molecule has 2 heteroatoms. The average Bonchev–Trinajstić information content (AvgIpc) is 2.17. The van der Waals surface area contributed by atoms with Gasteiger partial charge >= 0.3 is 0 Å². The topological polar surface area (TPSA) is 0 Å². The van der Waals surface area contributed by atoms with Gasteiger partial charge in [-0.05, 0) is 28.2 Å². The van der Waals surface area contributed by atoms with E-state index in [9.17, 15) is 0 Å². The van der Waals surface area contributed by atoms with Gasteiger partial charge < -0.3 is 0 Å². The lowest BCUT2D eigenvalue weighted by atomic mass is 10.1. The summed E-state index contributed by atoms with van der Waals surface area (Å²) in [7, 11) is 5.47.